The first-order valence-electron chi connectivity index (χ1n) is 13.7. The molecule has 7 heteroatoms. The van der Waals surface area contributed by atoms with Crippen LogP contribution < -0.4 is 15.4 Å². The second-order valence-corrected chi connectivity index (χ2v) is 11.1. The van der Waals surface area contributed by atoms with Crippen LogP contribution in [0.2, 0.25) is 0 Å². The van der Waals surface area contributed by atoms with Crippen LogP contribution in [0.4, 0.5) is 5.69 Å². The number of carbonyl (C=O) groups is 3. The van der Waals surface area contributed by atoms with Gasteiger partial charge in [0.1, 0.15) is 24.2 Å². The lowest BCUT2D eigenvalue weighted by Crippen LogP contribution is -2.32. The second kappa shape index (κ2) is 15.0. The van der Waals surface area contributed by atoms with Gasteiger partial charge in [0, 0.05) is 42.6 Å². The maximum atomic E-state index is 13.0. The van der Waals surface area contributed by atoms with E-state index in [4.69, 9.17) is 4.74 Å². The van der Waals surface area contributed by atoms with Gasteiger partial charge in [0.25, 0.3) is 0 Å². The summed E-state index contributed by atoms with van der Waals surface area (Å²) in [6, 6.07) is 22.3. The molecule has 0 spiro atoms. The van der Waals surface area contributed by atoms with Crippen molar-refractivity contribution in [1.29, 1.82) is 0 Å². The molecule has 0 aliphatic rings. The van der Waals surface area contributed by atoms with Crippen LogP contribution in [0.15, 0.2) is 78.9 Å². The van der Waals surface area contributed by atoms with Gasteiger partial charge < -0.3 is 20.5 Å². The summed E-state index contributed by atoms with van der Waals surface area (Å²) in [4.78, 5) is 37.1. The number of carbonyl (C=O) groups excluding carboxylic acids is 2. The molecule has 3 aromatic carbocycles. The minimum atomic E-state index is -1.01. The smallest absolute Gasteiger partial charge is 0.326 e. The summed E-state index contributed by atoms with van der Waals surface area (Å²) in [5.41, 5.74) is 2.31. The summed E-state index contributed by atoms with van der Waals surface area (Å²) in [7, 11) is 0. The second-order valence-electron chi connectivity index (χ2n) is 11.1. The lowest BCUT2D eigenvalue weighted by atomic mass is 9.89. The number of para-hydroxylation sites is 1. The van der Waals surface area contributed by atoms with Gasteiger partial charge in [-0.2, -0.15) is 0 Å². The third-order valence-electron chi connectivity index (χ3n) is 6.28. The molecular weight excluding hydrogens is 504 g/mol. The van der Waals surface area contributed by atoms with Gasteiger partial charge in [-0.3, -0.25) is 9.59 Å². The highest BCUT2D eigenvalue weighted by Crippen LogP contribution is 2.22. The van der Waals surface area contributed by atoms with Gasteiger partial charge in [-0.05, 0) is 48.2 Å². The number of ketones is 2. The van der Waals surface area contributed by atoms with Crippen molar-refractivity contribution >= 4 is 23.2 Å². The Morgan fingerprint density at radius 3 is 2.23 bits per heavy atom. The van der Waals surface area contributed by atoms with Crippen molar-refractivity contribution in [3.63, 3.8) is 0 Å². The topological polar surface area (TPSA) is 105 Å². The molecular formula is C33H40N2O5. The molecule has 3 rings (SSSR count). The van der Waals surface area contributed by atoms with Crippen LogP contribution in [0.25, 0.3) is 0 Å². The van der Waals surface area contributed by atoms with Crippen LogP contribution in [-0.4, -0.2) is 48.4 Å². The van der Waals surface area contributed by atoms with E-state index in [1.807, 2.05) is 30.3 Å². The van der Waals surface area contributed by atoms with E-state index in [1.165, 1.54) is 0 Å². The van der Waals surface area contributed by atoms with Crippen molar-refractivity contribution in [2.45, 2.75) is 52.5 Å². The zero-order chi connectivity index (χ0) is 29.0. The molecule has 212 valence electrons. The number of anilines is 1. The van der Waals surface area contributed by atoms with Crippen molar-refractivity contribution in [2.24, 2.45) is 5.41 Å². The highest BCUT2D eigenvalue weighted by molar-refractivity contribution is 6.12. The van der Waals surface area contributed by atoms with Crippen LogP contribution in [0.1, 0.15) is 61.5 Å². The number of hydrogen-bond donors (Lipinski definition) is 3. The van der Waals surface area contributed by atoms with Crippen molar-refractivity contribution in [2.75, 3.05) is 25.0 Å². The first kappa shape index (κ1) is 30.6. The highest BCUT2D eigenvalue weighted by atomic mass is 16.5. The molecule has 40 heavy (non-hydrogen) atoms. The van der Waals surface area contributed by atoms with Crippen molar-refractivity contribution in [3.8, 4) is 5.75 Å². The van der Waals surface area contributed by atoms with E-state index in [0.29, 0.717) is 54.3 Å². The molecule has 7 nitrogen and oxygen atoms in total. The standard InChI is InChI=1S/C33H40N2O5/c1-33(2,3)23-26(36)12-9-19-34-20-21-40-27-17-15-24(16-18-27)22-30(32(38)39)35-29-14-8-7-13-28(29)31(37)25-10-5-4-6-11-25/h4-8,10-11,13-18,30,34-35H,9,12,19-23H2,1-3H3,(H,38,39)/t30-/m0/s1. The van der Waals surface area contributed by atoms with Crippen molar-refractivity contribution in [3.05, 3.63) is 95.6 Å². The lowest BCUT2D eigenvalue weighted by molar-refractivity contribution is -0.137. The minimum absolute atomic E-state index is 0.0351. The van der Waals surface area contributed by atoms with Crippen LogP contribution in [0, 0.1) is 5.41 Å². The van der Waals surface area contributed by atoms with Crippen LogP contribution in [0.5, 0.6) is 5.75 Å². The summed E-state index contributed by atoms with van der Waals surface area (Å²) in [6.45, 7) is 8.14. The SMILES string of the molecule is CC(C)(C)CC(=O)CCCNCCOc1ccc(C[C@H](Nc2ccccc2C(=O)c2ccccc2)C(=O)O)cc1. The fourth-order valence-corrected chi connectivity index (χ4v) is 4.35. The third kappa shape index (κ3) is 10.3. The molecule has 3 N–H and O–H groups in total. The predicted molar refractivity (Wildman–Crippen MR) is 158 cm³/mol. The Morgan fingerprint density at radius 1 is 0.875 bits per heavy atom. The van der Waals surface area contributed by atoms with E-state index in [2.05, 4.69) is 31.4 Å². The Hall–Kier alpha value is -3.97. The molecule has 1 atom stereocenters. The number of nitrogens with one attached hydrogen (secondary N) is 2. The van der Waals surface area contributed by atoms with E-state index < -0.39 is 12.0 Å². The largest absolute Gasteiger partial charge is 0.492 e. The van der Waals surface area contributed by atoms with Crippen LogP contribution in [0.3, 0.4) is 0 Å². The summed E-state index contributed by atoms with van der Waals surface area (Å²) in [5.74, 6) is -0.174. The molecule has 0 saturated carbocycles. The molecule has 0 saturated heterocycles. The normalized spacial score (nSPS) is 12.0. The average Bonchev–Trinajstić information content (AvgIpc) is 2.92. The number of rotatable bonds is 16. The van der Waals surface area contributed by atoms with E-state index in [0.717, 1.165) is 18.5 Å². The number of benzene rings is 3. The van der Waals surface area contributed by atoms with E-state index in [1.54, 1.807) is 48.5 Å². The van der Waals surface area contributed by atoms with Crippen LogP contribution >= 0.6 is 0 Å². The molecule has 0 aromatic heterocycles. The molecule has 0 bridgehead atoms. The quantitative estimate of drug-likeness (QED) is 0.155. The lowest BCUT2D eigenvalue weighted by Gasteiger charge is -2.18. The molecule has 0 fully saturated rings. The van der Waals surface area contributed by atoms with E-state index >= 15 is 0 Å². The summed E-state index contributed by atoms with van der Waals surface area (Å²) >= 11 is 0. The summed E-state index contributed by atoms with van der Waals surface area (Å²) < 4.78 is 5.79. The fraction of sp³-hybridized carbons (Fsp3) is 0.364. The number of aliphatic carboxylic acids is 1. The molecule has 0 aliphatic carbocycles. The molecule has 0 unspecified atom stereocenters. The zero-order valence-electron chi connectivity index (χ0n) is 23.6. The van der Waals surface area contributed by atoms with Gasteiger partial charge in [0.15, 0.2) is 5.78 Å². The van der Waals surface area contributed by atoms with Crippen molar-refractivity contribution < 1.29 is 24.2 Å². The molecule has 3 aromatic rings. The first-order chi connectivity index (χ1) is 19.1. The van der Waals surface area contributed by atoms with Crippen LogP contribution in [-0.2, 0) is 16.0 Å². The number of hydrogen-bond acceptors (Lipinski definition) is 6. The van der Waals surface area contributed by atoms with Gasteiger partial charge in [-0.25, -0.2) is 4.79 Å². The molecule has 0 aliphatic heterocycles. The number of carboxylic acids is 1. The Labute approximate surface area is 237 Å². The Balaban J connectivity index is 1.47. The van der Waals surface area contributed by atoms with Gasteiger partial charge in [0.2, 0.25) is 0 Å². The van der Waals surface area contributed by atoms with E-state index in [-0.39, 0.29) is 17.6 Å². The Morgan fingerprint density at radius 2 is 1.55 bits per heavy atom. The molecule has 0 amide bonds. The van der Waals surface area contributed by atoms with Gasteiger partial charge in [-0.1, -0.05) is 75.4 Å². The molecule has 0 radical (unpaired) electrons. The number of ether oxygens (including phenoxy) is 1. The van der Waals surface area contributed by atoms with Gasteiger partial charge in [0.05, 0.1) is 0 Å². The van der Waals surface area contributed by atoms with Crippen molar-refractivity contribution in [1.82, 2.24) is 5.32 Å². The maximum Gasteiger partial charge on any atom is 0.326 e. The fourth-order valence-electron chi connectivity index (χ4n) is 4.35. The van der Waals surface area contributed by atoms with Gasteiger partial charge in [-0.15, -0.1) is 0 Å². The summed E-state index contributed by atoms with van der Waals surface area (Å²) in [5, 5.41) is 16.2. The maximum absolute atomic E-state index is 13.0. The highest BCUT2D eigenvalue weighted by Gasteiger charge is 2.21. The van der Waals surface area contributed by atoms with Gasteiger partial charge >= 0.3 is 5.97 Å². The predicted octanol–water partition coefficient (Wildman–Crippen LogP) is 5.78. The first-order valence-corrected chi connectivity index (χ1v) is 13.7. The number of Topliss-reactive ketones (excluding diaryl/α,β-unsaturated/α-hetero) is 1. The average molecular weight is 545 g/mol. The zero-order valence-corrected chi connectivity index (χ0v) is 23.6. The summed E-state index contributed by atoms with van der Waals surface area (Å²) in [6.07, 6.45) is 2.25. The monoisotopic (exact) mass is 544 g/mol. The minimum Gasteiger partial charge on any atom is -0.492 e. The number of carboxylic acid groups (broad SMARTS) is 1. The van der Waals surface area contributed by atoms with E-state index in [9.17, 15) is 19.5 Å². The Kier molecular flexibility index (Phi) is 11.5. The Bertz CT molecular complexity index is 1250. The molecule has 0 heterocycles. The third-order valence-corrected chi connectivity index (χ3v) is 6.28.